The van der Waals surface area contributed by atoms with E-state index in [1.54, 1.807) is 12.1 Å². The second-order valence-electron chi connectivity index (χ2n) is 6.31. The molecule has 0 saturated carbocycles. The highest BCUT2D eigenvalue weighted by Gasteiger charge is 2.25. The molecule has 1 aliphatic heterocycles. The number of phenols is 1. The van der Waals surface area contributed by atoms with Crippen molar-refractivity contribution in [3.8, 4) is 17.2 Å². The number of ketones is 1. The predicted octanol–water partition coefficient (Wildman–Crippen LogP) is 4.44. The second kappa shape index (κ2) is 9.08. The predicted molar refractivity (Wildman–Crippen MR) is 114 cm³/mol. The summed E-state index contributed by atoms with van der Waals surface area (Å²) in [5.41, 5.74) is 2.50. The summed E-state index contributed by atoms with van der Waals surface area (Å²) in [6.45, 7) is 1.50. The average Bonchev–Trinajstić information content (AvgIpc) is 2.72. The number of hydrogen-bond acceptors (Lipinski definition) is 5. The van der Waals surface area contributed by atoms with Crippen molar-refractivity contribution in [3.63, 3.8) is 0 Å². The second-order valence-corrected chi connectivity index (χ2v) is 7.23. The van der Waals surface area contributed by atoms with E-state index in [2.05, 4.69) is 21.2 Å². The van der Waals surface area contributed by atoms with Crippen molar-refractivity contribution < 1.29 is 19.4 Å². The molecular formula is C22H22BrNO4. The number of ether oxygens (including phenoxy) is 2. The molecule has 0 unspecified atom stereocenters. The summed E-state index contributed by atoms with van der Waals surface area (Å²) < 4.78 is 11.8. The molecule has 28 heavy (non-hydrogen) atoms. The smallest absolute Gasteiger partial charge is 0.193 e. The fourth-order valence-corrected chi connectivity index (χ4v) is 3.44. The van der Waals surface area contributed by atoms with E-state index in [0.717, 1.165) is 28.6 Å². The fraction of sp³-hybridized carbons (Fsp3) is 0.227. The molecule has 0 bridgehead atoms. The molecule has 3 rings (SSSR count). The van der Waals surface area contributed by atoms with Gasteiger partial charge in [-0.3, -0.25) is 4.79 Å². The molecule has 2 aromatic carbocycles. The highest BCUT2D eigenvalue weighted by Crippen LogP contribution is 2.43. The van der Waals surface area contributed by atoms with Crippen molar-refractivity contribution in [1.82, 2.24) is 5.32 Å². The van der Waals surface area contributed by atoms with Crippen LogP contribution in [0.2, 0.25) is 0 Å². The van der Waals surface area contributed by atoms with Gasteiger partial charge in [-0.2, -0.15) is 0 Å². The Hall–Kier alpha value is -2.57. The Balaban J connectivity index is 2.04. The zero-order valence-corrected chi connectivity index (χ0v) is 17.4. The molecule has 0 amide bonds. The number of phenolic OH excluding ortho intramolecular Hbond substituents is 1. The van der Waals surface area contributed by atoms with Crippen LogP contribution in [0.25, 0.3) is 11.6 Å². The normalized spacial score (nSPS) is 14.0. The third-order valence-corrected chi connectivity index (χ3v) is 5.13. The monoisotopic (exact) mass is 443 g/mol. The lowest BCUT2D eigenvalue weighted by molar-refractivity contribution is 0.104. The lowest BCUT2D eigenvalue weighted by atomic mass is 9.93. The zero-order chi connectivity index (χ0) is 20.1. The van der Waals surface area contributed by atoms with Crippen LogP contribution in [0.3, 0.4) is 0 Å². The molecule has 6 heteroatoms. The molecule has 0 atom stereocenters. The first-order valence-electron chi connectivity index (χ1n) is 8.91. The number of halogens is 1. The number of aromatic hydroxyl groups is 1. The first-order chi connectivity index (χ1) is 13.5. The molecule has 146 valence electrons. The van der Waals surface area contributed by atoms with Crippen LogP contribution >= 0.6 is 15.9 Å². The summed E-state index contributed by atoms with van der Waals surface area (Å²) in [7, 11) is 3.00. The number of nitrogens with one attached hydrogen (secondary N) is 1. The first-order valence-corrected chi connectivity index (χ1v) is 9.70. The van der Waals surface area contributed by atoms with Gasteiger partial charge >= 0.3 is 0 Å². The van der Waals surface area contributed by atoms with Gasteiger partial charge in [0.15, 0.2) is 5.78 Å². The van der Waals surface area contributed by atoms with Gasteiger partial charge in [0.05, 0.1) is 19.8 Å². The number of carbonyl (C=O) groups is 1. The number of carbonyl (C=O) groups excluding carboxylic acids is 1. The molecule has 1 heterocycles. The fourth-order valence-electron chi connectivity index (χ4n) is 3.17. The van der Waals surface area contributed by atoms with Crippen LogP contribution in [-0.4, -0.2) is 38.2 Å². The molecule has 5 nitrogen and oxygen atoms in total. The van der Waals surface area contributed by atoms with Gasteiger partial charge in [0.1, 0.15) is 22.8 Å². The van der Waals surface area contributed by atoms with Crippen LogP contribution in [0.4, 0.5) is 0 Å². The molecule has 0 fully saturated rings. The standard InChI is InChI=1S/C22H22BrNO4/c1-27-18-13-19(28-2)21(22(26)20(18)15-9-11-24-12-10-15)17(25)8-5-14-3-6-16(23)7-4-14/h3-9,13,24,26H,10-12H2,1-2H3. The lowest BCUT2D eigenvalue weighted by Crippen LogP contribution is -2.20. The Bertz CT molecular complexity index is 933. The number of hydrogen-bond donors (Lipinski definition) is 2. The highest BCUT2D eigenvalue weighted by molar-refractivity contribution is 9.10. The van der Waals surface area contributed by atoms with Gasteiger partial charge in [-0.25, -0.2) is 0 Å². The third kappa shape index (κ3) is 4.29. The molecule has 0 radical (unpaired) electrons. The van der Waals surface area contributed by atoms with Crippen molar-refractivity contribution in [2.24, 2.45) is 0 Å². The Morgan fingerprint density at radius 1 is 1.18 bits per heavy atom. The number of benzene rings is 2. The van der Waals surface area contributed by atoms with E-state index in [9.17, 15) is 9.90 Å². The number of methoxy groups -OCH3 is 2. The van der Waals surface area contributed by atoms with Crippen LogP contribution in [0.5, 0.6) is 17.2 Å². The van der Waals surface area contributed by atoms with Gasteiger partial charge < -0.3 is 19.9 Å². The van der Waals surface area contributed by atoms with E-state index < -0.39 is 0 Å². The third-order valence-electron chi connectivity index (χ3n) is 4.60. The molecule has 0 saturated heterocycles. The summed E-state index contributed by atoms with van der Waals surface area (Å²) >= 11 is 3.39. The van der Waals surface area contributed by atoms with Crippen molar-refractivity contribution in [3.05, 3.63) is 63.6 Å². The summed E-state index contributed by atoms with van der Waals surface area (Å²) in [5, 5.41) is 14.2. The van der Waals surface area contributed by atoms with Gasteiger partial charge in [-0.1, -0.05) is 40.2 Å². The van der Waals surface area contributed by atoms with Crippen molar-refractivity contribution in [1.29, 1.82) is 0 Å². The van der Waals surface area contributed by atoms with Crippen molar-refractivity contribution in [2.45, 2.75) is 6.42 Å². The van der Waals surface area contributed by atoms with E-state index in [0.29, 0.717) is 17.9 Å². The molecule has 0 spiro atoms. The summed E-state index contributed by atoms with van der Waals surface area (Å²) in [6, 6.07) is 9.24. The highest BCUT2D eigenvalue weighted by atomic mass is 79.9. The van der Waals surface area contributed by atoms with Crippen LogP contribution < -0.4 is 14.8 Å². The Labute approximate surface area is 172 Å². The van der Waals surface area contributed by atoms with Gasteiger partial charge in [0, 0.05) is 17.1 Å². The Morgan fingerprint density at radius 3 is 2.50 bits per heavy atom. The molecule has 2 N–H and O–H groups in total. The Morgan fingerprint density at radius 2 is 1.89 bits per heavy atom. The SMILES string of the molecule is COc1cc(OC)c(C2=CCNCC2)c(O)c1C(=O)C=Cc1ccc(Br)cc1. The Kier molecular flexibility index (Phi) is 6.54. The van der Waals surface area contributed by atoms with Crippen LogP contribution in [0.15, 0.2) is 47.0 Å². The van der Waals surface area contributed by atoms with Gasteiger partial charge in [-0.15, -0.1) is 0 Å². The first kappa shape index (κ1) is 20.2. The maximum absolute atomic E-state index is 12.9. The molecule has 2 aromatic rings. The van der Waals surface area contributed by atoms with Crippen molar-refractivity contribution in [2.75, 3.05) is 27.3 Å². The summed E-state index contributed by atoms with van der Waals surface area (Å²) in [6.07, 6.45) is 5.88. The minimum atomic E-state index is -0.337. The maximum Gasteiger partial charge on any atom is 0.193 e. The van der Waals surface area contributed by atoms with Gasteiger partial charge in [0.2, 0.25) is 0 Å². The minimum absolute atomic E-state index is 0.116. The van der Waals surface area contributed by atoms with E-state index in [-0.39, 0.29) is 22.8 Å². The largest absolute Gasteiger partial charge is 0.506 e. The van der Waals surface area contributed by atoms with E-state index >= 15 is 0 Å². The maximum atomic E-state index is 12.9. The average molecular weight is 444 g/mol. The number of rotatable bonds is 6. The van der Waals surface area contributed by atoms with E-state index in [4.69, 9.17) is 9.47 Å². The lowest BCUT2D eigenvalue weighted by Gasteiger charge is -2.20. The van der Waals surface area contributed by atoms with E-state index in [1.807, 2.05) is 30.3 Å². The van der Waals surface area contributed by atoms with Crippen LogP contribution in [0.1, 0.15) is 27.9 Å². The van der Waals surface area contributed by atoms with Crippen molar-refractivity contribution >= 4 is 33.4 Å². The summed E-state index contributed by atoms with van der Waals surface area (Å²) in [5.74, 6) is 0.305. The minimum Gasteiger partial charge on any atom is -0.506 e. The van der Waals surface area contributed by atoms with Crippen LogP contribution in [0, 0.1) is 0 Å². The topological polar surface area (TPSA) is 67.8 Å². The van der Waals surface area contributed by atoms with Crippen LogP contribution in [-0.2, 0) is 0 Å². The molecule has 1 aliphatic rings. The van der Waals surface area contributed by atoms with E-state index in [1.165, 1.54) is 20.3 Å². The zero-order valence-electron chi connectivity index (χ0n) is 15.8. The summed E-state index contributed by atoms with van der Waals surface area (Å²) in [4.78, 5) is 12.9. The van der Waals surface area contributed by atoms with Gasteiger partial charge in [0.25, 0.3) is 0 Å². The van der Waals surface area contributed by atoms with Gasteiger partial charge in [-0.05, 0) is 42.3 Å². The molecule has 0 aromatic heterocycles. The molecule has 0 aliphatic carbocycles. The molecular weight excluding hydrogens is 422 g/mol. The quantitative estimate of drug-likeness (QED) is 0.509. The number of allylic oxidation sites excluding steroid dienone is 1.